The molecular formula is C16H23N3. The third-order valence-electron chi connectivity index (χ3n) is 3.82. The van der Waals surface area contributed by atoms with E-state index >= 15 is 0 Å². The van der Waals surface area contributed by atoms with Crippen molar-refractivity contribution in [3.63, 3.8) is 0 Å². The quantitative estimate of drug-likeness (QED) is 0.905. The van der Waals surface area contributed by atoms with E-state index in [9.17, 15) is 0 Å². The van der Waals surface area contributed by atoms with Crippen LogP contribution in [0.1, 0.15) is 38.8 Å². The average Bonchev–Trinajstić information content (AvgIpc) is 2.37. The Kier molecular flexibility index (Phi) is 4.24. The Bertz CT molecular complexity index is 447. The summed E-state index contributed by atoms with van der Waals surface area (Å²) in [4.78, 5) is 2.48. The highest BCUT2D eigenvalue weighted by Gasteiger charge is 2.33. The van der Waals surface area contributed by atoms with Gasteiger partial charge in [-0.05, 0) is 26.3 Å². The van der Waals surface area contributed by atoms with Crippen molar-refractivity contribution in [1.82, 2.24) is 10.2 Å². The number of rotatable bonds is 3. The first kappa shape index (κ1) is 14.0. The minimum atomic E-state index is 0.0583. The summed E-state index contributed by atoms with van der Waals surface area (Å²) in [6.07, 6.45) is 0.571. The molecule has 1 aromatic carbocycles. The van der Waals surface area contributed by atoms with Gasteiger partial charge >= 0.3 is 0 Å². The molecule has 0 aliphatic carbocycles. The molecule has 1 aromatic rings. The topological polar surface area (TPSA) is 39.1 Å². The van der Waals surface area contributed by atoms with Gasteiger partial charge in [-0.1, -0.05) is 30.3 Å². The molecule has 2 atom stereocenters. The summed E-state index contributed by atoms with van der Waals surface area (Å²) in [5.74, 6) is 0. The molecule has 0 amide bonds. The van der Waals surface area contributed by atoms with E-state index in [2.05, 4.69) is 67.4 Å². The van der Waals surface area contributed by atoms with Crippen LogP contribution in [0.3, 0.4) is 0 Å². The van der Waals surface area contributed by atoms with Gasteiger partial charge in [0.05, 0.1) is 12.5 Å². The lowest BCUT2D eigenvalue weighted by atomic mass is 9.94. The normalized spacial score (nSPS) is 24.6. The first-order valence-electron chi connectivity index (χ1n) is 6.95. The van der Waals surface area contributed by atoms with Crippen LogP contribution in [0, 0.1) is 11.3 Å². The zero-order valence-corrected chi connectivity index (χ0v) is 12.1. The summed E-state index contributed by atoms with van der Waals surface area (Å²) >= 11 is 0. The molecule has 0 saturated carbocycles. The highest BCUT2D eigenvalue weighted by molar-refractivity contribution is 5.19. The van der Waals surface area contributed by atoms with E-state index in [0.717, 1.165) is 13.1 Å². The fourth-order valence-electron chi connectivity index (χ4n) is 2.96. The summed E-state index contributed by atoms with van der Waals surface area (Å²) in [5, 5.41) is 12.5. The predicted octanol–water partition coefficient (Wildman–Crippen LogP) is 2.71. The maximum Gasteiger partial charge on any atom is 0.0638 e. The molecule has 0 spiro atoms. The van der Waals surface area contributed by atoms with Crippen molar-refractivity contribution < 1.29 is 0 Å². The fraction of sp³-hybridized carbons (Fsp3) is 0.562. The molecular weight excluding hydrogens is 234 g/mol. The second-order valence-corrected chi connectivity index (χ2v) is 6.10. The molecule has 2 rings (SSSR count). The Morgan fingerprint density at radius 3 is 2.74 bits per heavy atom. The van der Waals surface area contributed by atoms with E-state index in [0.29, 0.717) is 12.5 Å². The van der Waals surface area contributed by atoms with Crippen molar-refractivity contribution >= 4 is 0 Å². The van der Waals surface area contributed by atoms with Gasteiger partial charge in [0.2, 0.25) is 0 Å². The molecule has 1 aliphatic rings. The van der Waals surface area contributed by atoms with E-state index in [1.807, 2.05) is 0 Å². The number of hydrogen-bond acceptors (Lipinski definition) is 3. The number of benzene rings is 1. The van der Waals surface area contributed by atoms with Gasteiger partial charge in [-0.2, -0.15) is 5.26 Å². The van der Waals surface area contributed by atoms with Crippen LogP contribution in [0.2, 0.25) is 0 Å². The molecule has 1 heterocycles. The molecule has 102 valence electrons. The maximum absolute atomic E-state index is 8.92. The average molecular weight is 257 g/mol. The van der Waals surface area contributed by atoms with Crippen LogP contribution in [0.5, 0.6) is 0 Å². The summed E-state index contributed by atoms with van der Waals surface area (Å²) in [6, 6.07) is 13.5. The molecule has 3 heteroatoms. The fourth-order valence-corrected chi connectivity index (χ4v) is 2.96. The van der Waals surface area contributed by atoms with Gasteiger partial charge in [-0.15, -0.1) is 0 Å². The van der Waals surface area contributed by atoms with Crippen molar-refractivity contribution in [1.29, 1.82) is 5.26 Å². The highest BCUT2D eigenvalue weighted by Crippen LogP contribution is 2.26. The Morgan fingerprint density at radius 2 is 2.11 bits per heavy atom. The predicted molar refractivity (Wildman–Crippen MR) is 77.7 cm³/mol. The van der Waals surface area contributed by atoms with Gasteiger partial charge in [0, 0.05) is 30.7 Å². The van der Waals surface area contributed by atoms with Crippen LogP contribution in [0.15, 0.2) is 30.3 Å². The minimum Gasteiger partial charge on any atom is -0.305 e. The number of nitriles is 1. The zero-order chi connectivity index (χ0) is 13.9. The molecule has 0 bridgehead atoms. The van der Waals surface area contributed by atoms with Crippen LogP contribution >= 0.6 is 0 Å². The van der Waals surface area contributed by atoms with Gasteiger partial charge < -0.3 is 5.32 Å². The number of hydrogen-bond donors (Lipinski definition) is 1. The lowest BCUT2D eigenvalue weighted by Crippen LogP contribution is -2.62. The monoisotopic (exact) mass is 257 g/mol. The maximum atomic E-state index is 8.92. The van der Waals surface area contributed by atoms with Crippen molar-refractivity contribution in [2.75, 3.05) is 13.1 Å². The molecule has 2 unspecified atom stereocenters. The second-order valence-electron chi connectivity index (χ2n) is 6.10. The van der Waals surface area contributed by atoms with Crippen LogP contribution in [0.25, 0.3) is 0 Å². The SMILES string of the molecule is CC(c1ccccc1)N1CC(CC#N)NC(C)(C)C1. The summed E-state index contributed by atoms with van der Waals surface area (Å²) in [7, 11) is 0. The van der Waals surface area contributed by atoms with Crippen LogP contribution < -0.4 is 5.32 Å². The van der Waals surface area contributed by atoms with E-state index < -0.39 is 0 Å². The molecule has 3 nitrogen and oxygen atoms in total. The summed E-state index contributed by atoms with van der Waals surface area (Å²) < 4.78 is 0. The number of nitrogens with one attached hydrogen (secondary N) is 1. The van der Waals surface area contributed by atoms with Crippen LogP contribution in [-0.4, -0.2) is 29.6 Å². The van der Waals surface area contributed by atoms with E-state index in [-0.39, 0.29) is 11.6 Å². The molecule has 1 N–H and O–H groups in total. The number of piperazine rings is 1. The van der Waals surface area contributed by atoms with Gasteiger partial charge in [-0.25, -0.2) is 0 Å². The van der Waals surface area contributed by atoms with Gasteiger partial charge in [-0.3, -0.25) is 4.90 Å². The van der Waals surface area contributed by atoms with Gasteiger partial charge in [0.1, 0.15) is 0 Å². The Balaban J connectivity index is 2.13. The van der Waals surface area contributed by atoms with E-state index in [1.54, 1.807) is 0 Å². The van der Waals surface area contributed by atoms with Crippen molar-refractivity contribution in [2.24, 2.45) is 0 Å². The first-order chi connectivity index (χ1) is 9.02. The summed E-state index contributed by atoms with van der Waals surface area (Å²) in [6.45, 7) is 8.61. The molecule has 19 heavy (non-hydrogen) atoms. The number of nitrogens with zero attached hydrogens (tertiary/aromatic N) is 2. The Labute approximate surface area is 116 Å². The molecule has 0 radical (unpaired) electrons. The van der Waals surface area contributed by atoms with Crippen molar-refractivity contribution in [2.45, 2.75) is 44.8 Å². The van der Waals surface area contributed by atoms with Crippen LogP contribution in [0.4, 0.5) is 0 Å². The molecule has 1 saturated heterocycles. The van der Waals surface area contributed by atoms with Gasteiger partial charge in [0.25, 0.3) is 0 Å². The van der Waals surface area contributed by atoms with Gasteiger partial charge in [0.15, 0.2) is 0 Å². The molecule has 1 aliphatic heterocycles. The lowest BCUT2D eigenvalue weighted by molar-refractivity contribution is 0.0857. The van der Waals surface area contributed by atoms with Crippen molar-refractivity contribution in [3.05, 3.63) is 35.9 Å². The van der Waals surface area contributed by atoms with Crippen molar-refractivity contribution in [3.8, 4) is 6.07 Å². The van der Waals surface area contributed by atoms with Crippen LogP contribution in [-0.2, 0) is 0 Å². The lowest BCUT2D eigenvalue weighted by Gasteiger charge is -2.45. The first-order valence-corrected chi connectivity index (χ1v) is 6.95. The third kappa shape index (κ3) is 3.56. The second kappa shape index (κ2) is 5.73. The third-order valence-corrected chi connectivity index (χ3v) is 3.82. The summed E-state index contributed by atoms with van der Waals surface area (Å²) in [5.41, 5.74) is 1.40. The largest absolute Gasteiger partial charge is 0.305 e. The smallest absolute Gasteiger partial charge is 0.0638 e. The highest BCUT2D eigenvalue weighted by atomic mass is 15.3. The standard InChI is InChI=1S/C16H23N3/c1-13(14-7-5-4-6-8-14)19-11-15(9-10-17)18-16(2,3)12-19/h4-8,13,15,18H,9,11-12H2,1-3H3. The molecule has 0 aromatic heterocycles. The Hall–Kier alpha value is -1.37. The van der Waals surface area contributed by atoms with E-state index in [1.165, 1.54) is 5.56 Å². The van der Waals surface area contributed by atoms with E-state index in [4.69, 9.17) is 5.26 Å². The minimum absolute atomic E-state index is 0.0583. The Morgan fingerprint density at radius 1 is 1.42 bits per heavy atom. The zero-order valence-electron chi connectivity index (χ0n) is 12.1. The molecule has 1 fully saturated rings.